The summed E-state index contributed by atoms with van der Waals surface area (Å²) in [7, 11) is 0. The number of likely N-dealkylation sites (tertiary alicyclic amines) is 1. The number of benzene rings is 2. The van der Waals surface area contributed by atoms with E-state index < -0.39 is 0 Å². The molecular weight excluding hydrogens is 402 g/mol. The first-order valence-corrected chi connectivity index (χ1v) is 10.3. The standard InChI is InChI=1S/C24H26ClNO4/c1-2-12-30-24-14-23(29)21(13-18(24)15-26-11-3-4-20(27)16-26)22(28)10-7-17-5-8-19(25)9-6-17/h2,5-10,13-14,20,27,29H,1,3-4,11-12,15-16H2/b10-7+. The molecule has 1 heterocycles. The predicted molar refractivity (Wildman–Crippen MR) is 119 cm³/mol. The number of β-amino-alcohol motifs (C(OH)–C–C–N with tert-alkyl or cyclic N) is 1. The molecule has 0 spiro atoms. The van der Waals surface area contributed by atoms with E-state index in [1.807, 2.05) is 12.1 Å². The maximum atomic E-state index is 12.7. The lowest BCUT2D eigenvalue weighted by atomic mass is 10.0. The van der Waals surface area contributed by atoms with Crippen LogP contribution in [0.4, 0.5) is 0 Å². The number of hydrogen-bond acceptors (Lipinski definition) is 5. The molecule has 2 aromatic rings. The van der Waals surface area contributed by atoms with Crippen molar-refractivity contribution in [1.82, 2.24) is 4.90 Å². The van der Waals surface area contributed by atoms with Gasteiger partial charge in [-0.3, -0.25) is 9.69 Å². The Hall–Kier alpha value is -2.60. The molecule has 1 atom stereocenters. The van der Waals surface area contributed by atoms with Crippen LogP contribution in [0, 0.1) is 0 Å². The van der Waals surface area contributed by atoms with Crippen molar-refractivity contribution in [3.8, 4) is 11.5 Å². The van der Waals surface area contributed by atoms with Gasteiger partial charge in [-0.25, -0.2) is 0 Å². The molecule has 30 heavy (non-hydrogen) atoms. The molecule has 3 rings (SSSR count). The summed E-state index contributed by atoms with van der Waals surface area (Å²) in [5, 5.41) is 21.0. The highest BCUT2D eigenvalue weighted by molar-refractivity contribution is 6.30. The number of halogens is 1. The van der Waals surface area contributed by atoms with E-state index >= 15 is 0 Å². The normalized spacial score (nSPS) is 17.2. The number of carbonyl (C=O) groups excluding carboxylic acids is 1. The van der Waals surface area contributed by atoms with Crippen molar-refractivity contribution >= 4 is 23.5 Å². The fraction of sp³-hybridized carbons (Fsp3) is 0.292. The van der Waals surface area contributed by atoms with Crippen LogP contribution in [0.15, 0.2) is 55.1 Å². The second-order valence-electron chi connectivity index (χ2n) is 7.36. The Morgan fingerprint density at radius 1 is 1.30 bits per heavy atom. The van der Waals surface area contributed by atoms with Crippen LogP contribution in [0.5, 0.6) is 11.5 Å². The van der Waals surface area contributed by atoms with E-state index in [1.165, 1.54) is 12.1 Å². The molecule has 1 unspecified atom stereocenters. The predicted octanol–water partition coefficient (Wildman–Crippen LogP) is 4.46. The molecule has 158 valence electrons. The molecule has 2 N–H and O–H groups in total. The third-order valence-electron chi connectivity index (χ3n) is 4.97. The average molecular weight is 428 g/mol. The number of ether oxygens (including phenoxy) is 1. The van der Waals surface area contributed by atoms with E-state index in [9.17, 15) is 15.0 Å². The number of aliphatic hydroxyl groups is 1. The largest absolute Gasteiger partial charge is 0.507 e. The van der Waals surface area contributed by atoms with Gasteiger partial charge in [0.05, 0.1) is 11.7 Å². The van der Waals surface area contributed by atoms with Crippen LogP contribution < -0.4 is 4.74 Å². The number of piperidine rings is 1. The Kier molecular flexibility index (Phi) is 7.69. The van der Waals surface area contributed by atoms with Gasteiger partial charge in [-0.2, -0.15) is 0 Å². The molecule has 6 heteroatoms. The third kappa shape index (κ3) is 5.95. The number of phenolic OH excluding ortho intramolecular Hbond substituents is 1. The van der Waals surface area contributed by atoms with Crippen molar-refractivity contribution in [3.63, 3.8) is 0 Å². The smallest absolute Gasteiger partial charge is 0.189 e. The van der Waals surface area contributed by atoms with Gasteiger partial charge < -0.3 is 14.9 Å². The Balaban J connectivity index is 1.84. The van der Waals surface area contributed by atoms with Crippen molar-refractivity contribution < 1.29 is 19.7 Å². The van der Waals surface area contributed by atoms with Crippen molar-refractivity contribution in [2.24, 2.45) is 0 Å². The van der Waals surface area contributed by atoms with Crippen LogP contribution in [0.3, 0.4) is 0 Å². The van der Waals surface area contributed by atoms with Crippen LogP contribution in [-0.2, 0) is 6.54 Å². The van der Waals surface area contributed by atoms with Gasteiger partial charge in [0, 0.05) is 29.7 Å². The number of phenols is 1. The molecular formula is C24H26ClNO4. The summed E-state index contributed by atoms with van der Waals surface area (Å²) < 4.78 is 5.70. The van der Waals surface area contributed by atoms with Crippen LogP contribution >= 0.6 is 11.6 Å². The lowest BCUT2D eigenvalue weighted by Gasteiger charge is -2.30. The zero-order valence-corrected chi connectivity index (χ0v) is 17.5. The minimum Gasteiger partial charge on any atom is -0.507 e. The first-order chi connectivity index (χ1) is 14.5. The fourth-order valence-corrected chi connectivity index (χ4v) is 3.60. The van der Waals surface area contributed by atoms with Crippen molar-refractivity contribution in [2.75, 3.05) is 19.7 Å². The number of ketones is 1. The monoisotopic (exact) mass is 427 g/mol. The highest BCUT2D eigenvalue weighted by Crippen LogP contribution is 2.31. The molecule has 2 aromatic carbocycles. The minimum atomic E-state index is -0.350. The summed E-state index contributed by atoms with van der Waals surface area (Å²) >= 11 is 5.89. The van der Waals surface area contributed by atoms with Crippen LogP contribution in [0.2, 0.25) is 5.02 Å². The SMILES string of the molecule is C=CCOc1cc(O)c(C(=O)/C=C/c2ccc(Cl)cc2)cc1CN1CCCC(O)C1. The molecule has 1 saturated heterocycles. The van der Waals surface area contributed by atoms with Crippen LogP contribution in [-0.4, -0.2) is 46.7 Å². The Labute approximate surface area is 181 Å². The first-order valence-electron chi connectivity index (χ1n) is 9.94. The van der Waals surface area contributed by atoms with Crippen LogP contribution in [0.25, 0.3) is 6.08 Å². The summed E-state index contributed by atoms with van der Waals surface area (Å²) in [5.41, 5.74) is 1.83. The Morgan fingerprint density at radius 3 is 2.77 bits per heavy atom. The van der Waals surface area contributed by atoms with Gasteiger partial charge in [-0.1, -0.05) is 42.5 Å². The molecule has 1 fully saturated rings. The molecule has 0 aromatic heterocycles. The van der Waals surface area contributed by atoms with Gasteiger partial charge in [-0.15, -0.1) is 0 Å². The van der Waals surface area contributed by atoms with Gasteiger partial charge in [0.1, 0.15) is 18.1 Å². The van der Waals surface area contributed by atoms with Gasteiger partial charge in [0.2, 0.25) is 0 Å². The molecule has 5 nitrogen and oxygen atoms in total. The lowest BCUT2D eigenvalue weighted by molar-refractivity contribution is 0.0663. The topological polar surface area (TPSA) is 70.0 Å². The third-order valence-corrected chi connectivity index (χ3v) is 5.22. The number of hydrogen-bond donors (Lipinski definition) is 2. The molecule has 0 amide bonds. The second-order valence-corrected chi connectivity index (χ2v) is 7.79. The number of aliphatic hydroxyl groups excluding tert-OH is 1. The highest BCUT2D eigenvalue weighted by atomic mass is 35.5. The van der Waals surface area contributed by atoms with E-state index in [1.54, 1.807) is 30.4 Å². The fourth-order valence-electron chi connectivity index (χ4n) is 3.47. The molecule has 0 bridgehead atoms. The zero-order chi connectivity index (χ0) is 21.5. The number of nitrogens with zero attached hydrogens (tertiary/aromatic N) is 1. The average Bonchev–Trinajstić information content (AvgIpc) is 2.73. The number of allylic oxidation sites excluding steroid dienone is 1. The maximum Gasteiger partial charge on any atom is 0.189 e. The zero-order valence-electron chi connectivity index (χ0n) is 16.8. The van der Waals surface area contributed by atoms with Gasteiger partial charge in [-0.05, 0) is 49.2 Å². The van der Waals surface area contributed by atoms with Gasteiger partial charge in [0.15, 0.2) is 5.78 Å². The summed E-state index contributed by atoms with van der Waals surface area (Å²) in [6.45, 7) is 5.90. The Morgan fingerprint density at radius 2 is 2.07 bits per heavy atom. The summed E-state index contributed by atoms with van der Waals surface area (Å²) in [6.07, 6.45) is 6.09. The summed E-state index contributed by atoms with van der Waals surface area (Å²) in [6, 6.07) is 10.3. The van der Waals surface area contributed by atoms with E-state index in [-0.39, 0.29) is 23.2 Å². The van der Waals surface area contributed by atoms with Crippen molar-refractivity contribution in [1.29, 1.82) is 0 Å². The number of rotatable bonds is 8. The summed E-state index contributed by atoms with van der Waals surface area (Å²) in [4.78, 5) is 14.9. The summed E-state index contributed by atoms with van der Waals surface area (Å²) in [5.74, 6) is 0.0607. The van der Waals surface area contributed by atoms with Crippen molar-refractivity contribution in [3.05, 3.63) is 76.8 Å². The van der Waals surface area contributed by atoms with E-state index in [4.69, 9.17) is 16.3 Å². The van der Waals surface area contributed by atoms with Gasteiger partial charge >= 0.3 is 0 Å². The van der Waals surface area contributed by atoms with E-state index in [2.05, 4.69) is 11.5 Å². The van der Waals surface area contributed by atoms with E-state index in [0.29, 0.717) is 30.5 Å². The number of aromatic hydroxyl groups is 1. The molecule has 1 aliphatic rings. The second kappa shape index (κ2) is 10.4. The minimum absolute atomic E-state index is 0.137. The van der Waals surface area contributed by atoms with Gasteiger partial charge in [0.25, 0.3) is 0 Å². The molecule has 0 aliphatic carbocycles. The molecule has 1 aliphatic heterocycles. The quantitative estimate of drug-likeness (QED) is 0.369. The van der Waals surface area contributed by atoms with Crippen molar-refractivity contribution in [2.45, 2.75) is 25.5 Å². The maximum absolute atomic E-state index is 12.7. The van der Waals surface area contributed by atoms with E-state index in [0.717, 1.165) is 30.5 Å². The Bertz CT molecular complexity index is 924. The van der Waals surface area contributed by atoms with Crippen LogP contribution in [0.1, 0.15) is 34.3 Å². The lowest BCUT2D eigenvalue weighted by Crippen LogP contribution is -2.37. The molecule has 0 radical (unpaired) electrons. The molecule has 0 saturated carbocycles. The number of carbonyl (C=O) groups is 1. The highest BCUT2D eigenvalue weighted by Gasteiger charge is 2.21. The first kappa shape index (κ1) is 22.1.